The molecule has 0 amide bonds. The van der Waals surface area contributed by atoms with Gasteiger partial charge in [0.05, 0.1) is 6.10 Å². The predicted molar refractivity (Wildman–Crippen MR) is 59.0 cm³/mol. The summed E-state index contributed by atoms with van der Waals surface area (Å²) in [6.45, 7) is 3.59. The first-order chi connectivity index (χ1) is 7.16. The van der Waals surface area contributed by atoms with Crippen LogP contribution in [0.5, 0.6) is 0 Å². The summed E-state index contributed by atoms with van der Waals surface area (Å²) < 4.78 is 0. The van der Waals surface area contributed by atoms with Gasteiger partial charge in [0, 0.05) is 25.1 Å². The Labute approximate surface area is 93.9 Å². The van der Waals surface area contributed by atoms with E-state index in [2.05, 4.69) is 14.9 Å². The second-order valence-electron chi connectivity index (χ2n) is 3.93. The van der Waals surface area contributed by atoms with Gasteiger partial charge in [0.1, 0.15) is 17.3 Å². The Morgan fingerprint density at radius 3 is 3.00 bits per heavy atom. The molecule has 15 heavy (non-hydrogen) atoms. The van der Waals surface area contributed by atoms with Crippen LogP contribution in [0.4, 0.5) is 5.82 Å². The van der Waals surface area contributed by atoms with Crippen molar-refractivity contribution in [2.24, 2.45) is 5.92 Å². The van der Waals surface area contributed by atoms with Gasteiger partial charge in [0.2, 0.25) is 0 Å². The standard InChI is InChI=1S/C10H14ClN3O/c1-7(15)8-2-3-14(5-8)10-4-9(11)12-6-13-10/h4,6-8,15H,2-3,5H2,1H3/t7-,8+/m1/s1. The van der Waals surface area contributed by atoms with E-state index in [1.807, 2.05) is 6.92 Å². The lowest BCUT2D eigenvalue weighted by atomic mass is 10.0. The van der Waals surface area contributed by atoms with Crippen LogP contribution in [0.25, 0.3) is 0 Å². The highest BCUT2D eigenvalue weighted by Crippen LogP contribution is 2.24. The molecule has 0 unspecified atom stereocenters. The van der Waals surface area contributed by atoms with Crippen molar-refractivity contribution < 1.29 is 5.11 Å². The Kier molecular flexibility index (Phi) is 3.07. The number of halogens is 1. The number of aromatic nitrogens is 2. The highest BCUT2D eigenvalue weighted by atomic mass is 35.5. The number of aliphatic hydroxyl groups is 1. The first-order valence-corrected chi connectivity index (χ1v) is 5.45. The number of aliphatic hydroxyl groups excluding tert-OH is 1. The molecule has 2 heterocycles. The molecular weight excluding hydrogens is 214 g/mol. The molecule has 1 fully saturated rings. The van der Waals surface area contributed by atoms with Crippen LogP contribution in [0.1, 0.15) is 13.3 Å². The third kappa shape index (κ3) is 2.38. The molecule has 1 aliphatic heterocycles. The van der Waals surface area contributed by atoms with Crippen LogP contribution < -0.4 is 4.90 Å². The molecule has 4 nitrogen and oxygen atoms in total. The number of rotatable bonds is 2. The fraction of sp³-hybridized carbons (Fsp3) is 0.600. The minimum absolute atomic E-state index is 0.257. The maximum atomic E-state index is 9.49. The SMILES string of the molecule is C[C@@H](O)[C@H]1CCN(c2cc(Cl)ncn2)C1. The summed E-state index contributed by atoms with van der Waals surface area (Å²) in [6.07, 6.45) is 2.21. The Morgan fingerprint density at radius 2 is 2.40 bits per heavy atom. The molecule has 2 atom stereocenters. The van der Waals surface area contributed by atoms with Gasteiger partial charge in [-0.15, -0.1) is 0 Å². The monoisotopic (exact) mass is 227 g/mol. The number of nitrogens with zero attached hydrogens (tertiary/aromatic N) is 3. The molecule has 1 saturated heterocycles. The highest BCUT2D eigenvalue weighted by molar-refractivity contribution is 6.29. The lowest BCUT2D eigenvalue weighted by Crippen LogP contribution is -2.24. The average molecular weight is 228 g/mol. The number of hydrogen-bond donors (Lipinski definition) is 1. The van der Waals surface area contributed by atoms with E-state index in [1.54, 1.807) is 6.07 Å². The average Bonchev–Trinajstić information content (AvgIpc) is 2.66. The van der Waals surface area contributed by atoms with Gasteiger partial charge in [-0.1, -0.05) is 11.6 Å². The maximum Gasteiger partial charge on any atom is 0.134 e. The molecule has 2 rings (SSSR count). The van der Waals surface area contributed by atoms with Gasteiger partial charge in [0.25, 0.3) is 0 Å². The van der Waals surface area contributed by atoms with E-state index in [0.717, 1.165) is 25.3 Å². The molecule has 82 valence electrons. The van der Waals surface area contributed by atoms with Gasteiger partial charge < -0.3 is 10.0 Å². The molecular formula is C10H14ClN3O. The van der Waals surface area contributed by atoms with E-state index in [-0.39, 0.29) is 6.10 Å². The first kappa shape index (κ1) is 10.6. The van der Waals surface area contributed by atoms with Crippen LogP contribution in [-0.4, -0.2) is 34.3 Å². The van der Waals surface area contributed by atoms with Crippen LogP contribution in [-0.2, 0) is 0 Å². The molecule has 1 aliphatic rings. The van der Waals surface area contributed by atoms with Gasteiger partial charge in [-0.05, 0) is 13.3 Å². The summed E-state index contributed by atoms with van der Waals surface area (Å²) in [5.74, 6) is 1.18. The Balaban J connectivity index is 2.08. The van der Waals surface area contributed by atoms with Crippen molar-refractivity contribution >= 4 is 17.4 Å². The molecule has 1 aromatic rings. The summed E-state index contributed by atoms with van der Waals surface area (Å²) in [7, 11) is 0. The fourth-order valence-corrected chi connectivity index (χ4v) is 2.03. The van der Waals surface area contributed by atoms with Crippen molar-refractivity contribution in [3.05, 3.63) is 17.5 Å². The molecule has 1 N–H and O–H groups in total. The molecule has 0 spiro atoms. The summed E-state index contributed by atoms with van der Waals surface area (Å²) in [6, 6.07) is 1.76. The van der Waals surface area contributed by atoms with E-state index < -0.39 is 0 Å². The second kappa shape index (κ2) is 4.33. The molecule has 0 saturated carbocycles. The first-order valence-electron chi connectivity index (χ1n) is 5.07. The second-order valence-corrected chi connectivity index (χ2v) is 4.32. The minimum Gasteiger partial charge on any atom is -0.393 e. The molecule has 0 bridgehead atoms. The smallest absolute Gasteiger partial charge is 0.134 e. The molecule has 1 aromatic heterocycles. The minimum atomic E-state index is -0.257. The Bertz CT molecular complexity index is 345. The summed E-state index contributed by atoms with van der Waals surface area (Å²) in [5, 5.41) is 9.94. The third-order valence-electron chi connectivity index (χ3n) is 2.85. The van der Waals surface area contributed by atoms with Crippen LogP contribution >= 0.6 is 11.6 Å². The van der Waals surface area contributed by atoms with Crippen LogP contribution in [0.15, 0.2) is 12.4 Å². The van der Waals surface area contributed by atoms with Gasteiger partial charge in [0.15, 0.2) is 0 Å². The van der Waals surface area contributed by atoms with Gasteiger partial charge >= 0.3 is 0 Å². The maximum absolute atomic E-state index is 9.49. The van der Waals surface area contributed by atoms with Crippen molar-refractivity contribution in [1.29, 1.82) is 0 Å². The van der Waals surface area contributed by atoms with E-state index >= 15 is 0 Å². The van der Waals surface area contributed by atoms with Crippen molar-refractivity contribution in [1.82, 2.24) is 9.97 Å². The van der Waals surface area contributed by atoms with Gasteiger partial charge in [-0.3, -0.25) is 0 Å². The summed E-state index contributed by atoms with van der Waals surface area (Å²) in [4.78, 5) is 10.1. The molecule has 0 aliphatic carbocycles. The van der Waals surface area contributed by atoms with Crippen molar-refractivity contribution in [3.8, 4) is 0 Å². The molecule has 5 heteroatoms. The zero-order valence-corrected chi connectivity index (χ0v) is 9.35. The third-order valence-corrected chi connectivity index (χ3v) is 3.06. The molecule has 0 radical (unpaired) electrons. The van der Waals surface area contributed by atoms with E-state index in [1.165, 1.54) is 6.33 Å². The van der Waals surface area contributed by atoms with Crippen molar-refractivity contribution in [3.63, 3.8) is 0 Å². The summed E-state index contributed by atoms with van der Waals surface area (Å²) >= 11 is 5.80. The normalized spacial score (nSPS) is 23.1. The topological polar surface area (TPSA) is 49.2 Å². The quantitative estimate of drug-likeness (QED) is 0.775. The van der Waals surface area contributed by atoms with Gasteiger partial charge in [-0.25, -0.2) is 9.97 Å². The molecule has 0 aromatic carbocycles. The number of hydrogen-bond acceptors (Lipinski definition) is 4. The largest absolute Gasteiger partial charge is 0.393 e. The van der Waals surface area contributed by atoms with Crippen LogP contribution in [0, 0.1) is 5.92 Å². The Hall–Kier alpha value is -0.870. The lowest BCUT2D eigenvalue weighted by Gasteiger charge is -2.18. The van der Waals surface area contributed by atoms with Crippen molar-refractivity contribution in [2.45, 2.75) is 19.4 Å². The lowest BCUT2D eigenvalue weighted by molar-refractivity contribution is 0.136. The predicted octanol–water partition coefficient (Wildman–Crippen LogP) is 1.34. The highest BCUT2D eigenvalue weighted by Gasteiger charge is 2.26. The van der Waals surface area contributed by atoms with Crippen molar-refractivity contribution in [2.75, 3.05) is 18.0 Å². The summed E-state index contributed by atoms with van der Waals surface area (Å²) in [5.41, 5.74) is 0. The zero-order valence-electron chi connectivity index (χ0n) is 8.60. The van der Waals surface area contributed by atoms with Gasteiger partial charge in [-0.2, -0.15) is 0 Å². The van der Waals surface area contributed by atoms with E-state index in [0.29, 0.717) is 11.1 Å². The Morgan fingerprint density at radius 1 is 1.60 bits per heavy atom. The zero-order chi connectivity index (χ0) is 10.8. The number of anilines is 1. The van der Waals surface area contributed by atoms with E-state index in [9.17, 15) is 5.11 Å². The van der Waals surface area contributed by atoms with Crippen LogP contribution in [0.2, 0.25) is 5.15 Å². The fourth-order valence-electron chi connectivity index (χ4n) is 1.89. The van der Waals surface area contributed by atoms with E-state index in [4.69, 9.17) is 11.6 Å². The van der Waals surface area contributed by atoms with Crippen LogP contribution in [0.3, 0.4) is 0 Å².